The summed E-state index contributed by atoms with van der Waals surface area (Å²) in [5.41, 5.74) is 1.47. The Labute approximate surface area is 157 Å². The van der Waals surface area contributed by atoms with Gasteiger partial charge in [-0.25, -0.2) is 4.79 Å². The SMILES string of the molecule is O=C(/C=C/c1ccc(OC(=O)c2cccs2)cc1)c1ccc(Br)cc1. The van der Waals surface area contributed by atoms with Crippen LogP contribution in [0.3, 0.4) is 0 Å². The molecule has 0 spiro atoms. The average molecular weight is 413 g/mol. The third-order valence-electron chi connectivity index (χ3n) is 3.37. The van der Waals surface area contributed by atoms with Crippen LogP contribution in [0.25, 0.3) is 6.08 Å². The van der Waals surface area contributed by atoms with Gasteiger partial charge in [0.05, 0.1) is 0 Å². The second kappa shape index (κ2) is 8.05. The second-order valence-corrected chi connectivity index (χ2v) is 7.00. The first-order valence-corrected chi connectivity index (χ1v) is 9.13. The van der Waals surface area contributed by atoms with Gasteiger partial charge in [-0.1, -0.05) is 40.2 Å². The van der Waals surface area contributed by atoms with E-state index in [-0.39, 0.29) is 11.8 Å². The summed E-state index contributed by atoms with van der Waals surface area (Å²) in [7, 11) is 0. The van der Waals surface area contributed by atoms with Crippen LogP contribution in [0, 0.1) is 0 Å². The summed E-state index contributed by atoms with van der Waals surface area (Å²) in [5.74, 6) is 0.0270. The number of ketones is 1. The van der Waals surface area contributed by atoms with Gasteiger partial charge in [-0.2, -0.15) is 0 Å². The van der Waals surface area contributed by atoms with E-state index in [2.05, 4.69) is 15.9 Å². The predicted octanol–water partition coefficient (Wildman–Crippen LogP) is 5.63. The van der Waals surface area contributed by atoms with Crippen LogP contribution >= 0.6 is 27.3 Å². The number of hydrogen-bond acceptors (Lipinski definition) is 4. The molecule has 0 saturated heterocycles. The van der Waals surface area contributed by atoms with Crippen molar-refractivity contribution in [1.82, 2.24) is 0 Å². The van der Waals surface area contributed by atoms with E-state index < -0.39 is 0 Å². The monoisotopic (exact) mass is 412 g/mol. The Morgan fingerprint density at radius 3 is 2.32 bits per heavy atom. The zero-order valence-electron chi connectivity index (χ0n) is 13.0. The number of allylic oxidation sites excluding steroid dienone is 1. The van der Waals surface area contributed by atoms with E-state index in [4.69, 9.17) is 4.74 Å². The molecule has 0 unspecified atom stereocenters. The van der Waals surface area contributed by atoms with E-state index in [9.17, 15) is 9.59 Å². The molecule has 3 aromatic rings. The number of carbonyl (C=O) groups excluding carboxylic acids is 2. The van der Waals surface area contributed by atoms with Gasteiger partial charge in [0.15, 0.2) is 5.78 Å². The van der Waals surface area contributed by atoms with Crippen LogP contribution in [0.4, 0.5) is 0 Å². The quantitative estimate of drug-likeness (QED) is 0.236. The van der Waals surface area contributed by atoms with Gasteiger partial charge in [0, 0.05) is 10.0 Å². The van der Waals surface area contributed by atoms with E-state index in [0.29, 0.717) is 16.2 Å². The van der Waals surface area contributed by atoms with Gasteiger partial charge in [-0.15, -0.1) is 11.3 Å². The summed E-state index contributed by atoms with van der Waals surface area (Å²) >= 11 is 4.68. The summed E-state index contributed by atoms with van der Waals surface area (Å²) < 4.78 is 6.23. The number of hydrogen-bond donors (Lipinski definition) is 0. The zero-order valence-corrected chi connectivity index (χ0v) is 15.4. The van der Waals surface area contributed by atoms with Crippen molar-refractivity contribution in [2.75, 3.05) is 0 Å². The van der Waals surface area contributed by atoms with Crippen molar-refractivity contribution < 1.29 is 14.3 Å². The average Bonchev–Trinajstić information content (AvgIpc) is 3.16. The van der Waals surface area contributed by atoms with E-state index in [1.54, 1.807) is 54.6 Å². The van der Waals surface area contributed by atoms with Crippen LogP contribution in [-0.4, -0.2) is 11.8 Å². The lowest BCUT2D eigenvalue weighted by molar-refractivity contribution is 0.0739. The normalized spacial score (nSPS) is 10.8. The molecule has 5 heteroatoms. The largest absolute Gasteiger partial charge is 0.422 e. The van der Waals surface area contributed by atoms with E-state index >= 15 is 0 Å². The number of thiophene rings is 1. The van der Waals surface area contributed by atoms with Gasteiger partial charge in [0.2, 0.25) is 0 Å². The minimum atomic E-state index is -0.372. The van der Waals surface area contributed by atoms with Crippen molar-refractivity contribution >= 4 is 45.1 Å². The summed E-state index contributed by atoms with van der Waals surface area (Å²) in [5, 5.41) is 1.83. The molecular weight excluding hydrogens is 400 g/mol. The summed E-state index contributed by atoms with van der Waals surface area (Å²) in [6.45, 7) is 0. The highest BCUT2D eigenvalue weighted by Gasteiger charge is 2.09. The molecule has 0 aliphatic heterocycles. The first-order valence-electron chi connectivity index (χ1n) is 7.45. The third kappa shape index (κ3) is 4.75. The van der Waals surface area contributed by atoms with Crippen molar-refractivity contribution in [1.29, 1.82) is 0 Å². The minimum absolute atomic E-state index is 0.0688. The lowest BCUT2D eigenvalue weighted by Crippen LogP contribution is -2.05. The van der Waals surface area contributed by atoms with Crippen LogP contribution in [0.1, 0.15) is 25.6 Å². The van der Waals surface area contributed by atoms with Gasteiger partial charge < -0.3 is 4.74 Å². The van der Waals surface area contributed by atoms with E-state index in [1.165, 1.54) is 17.4 Å². The molecule has 1 aromatic heterocycles. The van der Waals surface area contributed by atoms with E-state index in [0.717, 1.165) is 10.0 Å². The third-order valence-corrected chi connectivity index (χ3v) is 4.75. The molecule has 0 radical (unpaired) electrons. The Morgan fingerprint density at radius 2 is 1.68 bits per heavy atom. The highest BCUT2D eigenvalue weighted by molar-refractivity contribution is 9.10. The molecule has 0 saturated carbocycles. The standard InChI is InChI=1S/C20H13BrO3S/c21-16-8-6-15(7-9-16)18(22)12-5-14-3-10-17(11-4-14)24-20(23)19-2-1-13-25-19/h1-13H/b12-5+. The van der Waals surface area contributed by atoms with Crippen LogP contribution < -0.4 is 4.74 Å². The molecule has 0 N–H and O–H groups in total. The molecule has 2 aromatic carbocycles. The van der Waals surface area contributed by atoms with Gasteiger partial charge >= 0.3 is 5.97 Å². The fraction of sp³-hybridized carbons (Fsp3) is 0. The number of carbonyl (C=O) groups is 2. The molecule has 0 bridgehead atoms. The summed E-state index contributed by atoms with van der Waals surface area (Å²) in [4.78, 5) is 24.5. The topological polar surface area (TPSA) is 43.4 Å². The second-order valence-electron chi connectivity index (χ2n) is 5.14. The zero-order chi connectivity index (χ0) is 17.6. The predicted molar refractivity (Wildman–Crippen MR) is 103 cm³/mol. The lowest BCUT2D eigenvalue weighted by Gasteiger charge is -2.03. The van der Waals surface area contributed by atoms with Crippen LogP contribution in [0.5, 0.6) is 5.75 Å². The fourth-order valence-corrected chi connectivity index (χ4v) is 2.94. The van der Waals surface area contributed by atoms with Gasteiger partial charge in [-0.05, 0) is 59.5 Å². The Kier molecular flexibility index (Phi) is 5.58. The molecule has 1 heterocycles. The first kappa shape index (κ1) is 17.3. The van der Waals surface area contributed by atoms with Gasteiger partial charge in [0.25, 0.3) is 0 Å². The Morgan fingerprint density at radius 1 is 0.960 bits per heavy atom. The van der Waals surface area contributed by atoms with Crippen LogP contribution in [0.15, 0.2) is 76.6 Å². The Balaban J connectivity index is 1.63. The number of ether oxygens (including phenoxy) is 1. The van der Waals surface area contributed by atoms with Crippen LogP contribution in [-0.2, 0) is 0 Å². The van der Waals surface area contributed by atoms with Crippen molar-refractivity contribution in [3.8, 4) is 5.75 Å². The highest BCUT2D eigenvalue weighted by Crippen LogP contribution is 2.17. The molecular formula is C20H13BrO3S. The Bertz CT molecular complexity index is 895. The number of benzene rings is 2. The molecule has 0 atom stereocenters. The molecule has 3 rings (SSSR count). The molecule has 0 aliphatic carbocycles. The van der Waals surface area contributed by atoms with Crippen molar-refractivity contribution in [3.05, 3.63) is 92.6 Å². The maximum Gasteiger partial charge on any atom is 0.353 e. The maximum atomic E-state index is 12.1. The van der Waals surface area contributed by atoms with Gasteiger partial charge in [-0.3, -0.25) is 4.79 Å². The number of rotatable bonds is 5. The van der Waals surface area contributed by atoms with E-state index in [1.807, 2.05) is 17.5 Å². The maximum absolute atomic E-state index is 12.1. The highest BCUT2D eigenvalue weighted by atomic mass is 79.9. The molecule has 25 heavy (non-hydrogen) atoms. The van der Waals surface area contributed by atoms with Crippen molar-refractivity contribution in [3.63, 3.8) is 0 Å². The number of halogens is 1. The molecule has 0 aliphatic rings. The molecule has 0 fully saturated rings. The van der Waals surface area contributed by atoms with Gasteiger partial charge in [0.1, 0.15) is 10.6 Å². The minimum Gasteiger partial charge on any atom is -0.422 e. The molecule has 124 valence electrons. The Hall–Kier alpha value is -2.50. The number of esters is 1. The molecule has 0 amide bonds. The van der Waals surface area contributed by atoms with Crippen LogP contribution in [0.2, 0.25) is 0 Å². The van der Waals surface area contributed by atoms with Crippen molar-refractivity contribution in [2.45, 2.75) is 0 Å². The first-order chi connectivity index (χ1) is 12.1. The van der Waals surface area contributed by atoms with Crippen molar-refractivity contribution in [2.24, 2.45) is 0 Å². The lowest BCUT2D eigenvalue weighted by atomic mass is 10.1. The smallest absolute Gasteiger partial charge is 0.353 e. The fourth-order valence-electron chi connectivity index (χ4n) is 2.08. The molecule has 3 nitrogen and oxygen atoms in total. The summed E-state index contributed by atoms with van der Waals surface area (Å²) in [6.07, 6.45) is 3.26. The summed E-state index contributed by atoms with van der Waals surface area (Å²) in [6, 6.07) is 17.7.